The molecule has 2 atom stereocenters. The molecule has 90 valence electrons. The zero-order chi connectivity index (χ0) is 11.7. The van der Waals surface area contributed by atoms with Crippen LogP contribution in [0.25, 0.3) is 0 Å². The molecule has 1 heterocycles. The highest BCUT2D eigenvalue weighted by Crippen LogP contribution is 2.42. The maximum Gasteiger partial charge on any atom is 0.0926 e. The summed E-state index contributed by atoms with van der Waals surface area (Å²) in [6.07, 6.45) is 1.75. The van der Waals surface area contributed by atoms with Gasteiger partial charge in [0.05, 0.1) is 5.60 Å². The van der Waals surface area contributed by atoms with Crippen molar-refractivity contribution in [2.45, 2.75) is 51.7 Å². The Bertz CT molecular complexity index is 212. The first-order chi connectivity index (χ1) is 6.82. The first-order valence-corrected chi connectivity index (χ1v) is 7.06. The number of thioether (sulfide) groups is 1. The first kappa shape index (κ1) is 13.3. The van der Waals surface area contributed by atoms with E-state index in [-0.39, 0.29) is 0 Å². The average Bonchev–Trinajstić information content (AvgIpc) is 2.52. The van der Waals surface area contributed by atoms with Gasteiger partial charge in [-0.2, -0.15) is 11.8 Å². The molecule has 1 rings (SSSR count). The molecule has 0 aromatic carbocycles. The van der Waals surface area contributed by atoms with Gasteiger partial charge in [0.2, 0.25) is 0 Å². The van der Waals surface area contributed by atoms with Crippen LogP contribution in [0.2, 0.25) is 0 Å². The Balaban J connectivity index is 2.89. The summed E-state index contributed by atoms with van der Waals surface area (Å²) in [7, 11) is 0. The van der Waals surface area contributed by atoms with E-state index in [9.17, 15) is 5.11 Å². The summed E-state index contributed by atoms with van der Waals surface area (Å²) < 4.78 is 0. The molecular formula is C12H25NOS. The second-order valence-corrected chi connectivity index (χ2v) is 6.73. The second kappa shape index (κ2) is 4.64. The van der Waals surface area contributed by atoms with Gasteiger partial charge in [0.1, 0.15) is 0 Å². The van der Waals surface area contributed by atoms with Gasteiger partial charge < -0.3 is 10.8 Å². The molecule has 0 spiro atoms. The molecule has 0 saturated carbocycles. The van der Waals surface area contributed by atoms with Crippen LogP contribution in [-0.2, 0) is 0 Å². The Labute approximate surface area is 98.0 Å². The molecule has 15 heavy (non-hydrogen) atoms. The minimum atomic E-state index is -0.657. The molecule has 0 amide bonds. The van der Waals surface area contributed by atoms with Crippen molar-refractivity contribution in [3.8, 4) is 0 Å². The van der Waals surface area contributed by atoms with Gasteiger partial charge in [-0.1, -0.05) is 27.7 Å². The molecule has 0 aliphatic carbocycles. The molecule has 1 saturated heterocycles. The number of hydrogen-bond acceptors (Lipinski definition) is 3. The van der Waals surface area contributed by atoms with Crippen molar-refractivity contribution in [2.75, 3.05) is 11.5 Å². The van der Waals surface area contributed by atoms with Gasteiger partial charge in [0.15, 0.2) is 0 Å². The zero-order valence-corrected chi connectivity index (χ0v) is 11.2. The Morgan fingerprint density at radius 2 is 2.00 bits per heavy atom. The Hall–Kier alpha value is 0.270. The lowest BCUT2D eigenvalue weighted by Crippen LogP contribution is -2.64. The van der Waals surface area contributed by atoms with Gasteiger partial charge in [-0.3, -0.25) is 0 Å². The molecule has 0 aromatic rings. The SMILES string of the molecule is CC(C)CC(N)(C(C)C)C1(O)CCSC1. The van der Waals surface area contributed by atoms with E-state index in [1.165, 1.54) is 0 Å². The van der Waals surface area contributed by atoms with Crippen LogP contribution in [-0.4, -0.2) is 27.8 Å². The molecule has 3 N–H and O–H groups in total. The van der Waals surface area contributed by atoms with Crippen LogP contribution in [0.15, 0.2) is 0 Å². The van der Waals surface area contributed by atoms with Crippen LogP contribution in [0.3, 0.4) is 0 Å². The Kier molecular flexibility index (Phi) is 4.13. The average molecular weight is 231 g/mol. The van der Waals surface area contributed by atoms with Crippen molar-refractivity contribution in [3.63, 3.8) is 0 Å². The minimum Gasteiger partial charge on any atom is -0.387 e. The van der Waals surface area contributed by atoms with Crippen molar-refractivity contribution in [1.82, 2.24) is 0 Å². The van der Waals surface area contributed by atoms with E-state index in [2.05, 4.69) is 27.7 Å². The standard InChI is InChI=1S/C12H25NOS/c1-9(2)7-12(13,10(3)4)11(14)5-6-15-8-11/h9-10,14H,5-8,13H2,1-4H3. The van der Waals surface area contributed by atoms with Gasteiger partial charge >= 0.3 is 0 Å². The third kappa shape index (κ3) is 2.51. The van der Waals surface area contributed by atoms with Gasteiger partial charge in [-0.05, 0) is 30.4 Å². The first-order valence-electron chi connectivity index (χ1n) is 5.91. The van der Waals surface area contributed by atoms with Crippen LogP contribution >= 0.6 is 11.8 Å². The van der Waals surface area contributed by atoms with Crippen LogP contribution in [0, 0.1) is 11.8 Å². The normalized spacial score (nSPS) is 31.2. The predicted molar refractivity (Wildman–Crippen MR) is 68.1 cm³/mol. The molecule has 2 nitrogen and oxygen atoms in total. The van der Waals surface area contributed by atoms with Gasteiger partial charge in [0.25, 0.3) is 0 Å². The summed E-state index contributed by atoms with van der Waals surface area (Å²) in [4.78, 5) is 0. The van der Waals surface area contributed by atoms with Crippen molar-refractivity contribution < 1.29 is 5.11 Å². The Morgan fingerprint density at radius 1 is 1.40 bits per heavy atom. The fourth-order valence-corrected chi connectivity index (χ4v) is 3.94. The maximum atomic E-state index is 10.7. The number of rotatable bonds is 4. The van der Waals surface area contributed by atoms with Crippen molar-refractivity contribution in [3.05, 3.63) is 0 Å². The molecule has 1 fully saturated rings. The highest BCUT2D eigenvalue weighted by Gasteiger charge is 2.51. The largest absolute Gasteiger partial charge is 0.387 e. The summed E-state index contributed by atoms with van der Waals surface area (Å²) in [6, 6.07) is 0. The lowest BCUT2D eigenvalue weighted by molar-refractivity contribution is -0.0438. The van der Waals surface area contributed by atoms with Gasteiger partial charge in [-0.15, -0.1) is 0 Å². The molecule has 0 radical (unpaired) electrons. The zero-order valence-electron chi connectivity index (χ0n) is 10.4. The van der Waals surface area contributed by atoms with E-state index in [1.54, 1.807) is 0 Å². The fraction of sp³-hybridized carbons (Fsp3) is 1.00. The van der Waals surface area contributed by atoms with Crippen molar-refractivity contribution in [1.29, 1.82) is 0 Å². The van der Waals surface area contributed by atoms with Crippen molar-refractivity contribution >= 4 is 11.8 Å². The lowest BCUT2D eigenvalue weighted by Gasteiger charge is -2.46. The van der Waals surface area contributed by atoms with E-state index < -0.39 is 11.1 Å². The van der Waals surface area contributed by atoms with Crippen molar-refractivity contribution in [2.24, 2.45) is 17.6 Å². The van der Waals surface area contributed by atoms with E-state index in [0.717, 1.165) is 24.3 Å². The third-order valence-corrected chi connectivity index (χ3v) is 4.82. The minimum absolute atomic E-state index is 0.323. The smallest absolute Gasteiger partial charge is 0.0926 e. The maximum absolute atomic E-state index is 10.7. The van der Waals surface area contributed by atoms with Gasteiger partial charge in [-0.25, -0.2) is 0 Å². The van der Waals surface area contributed by atoms with E-state index in [4.69, 9.17) is 5.73 Å². The summed E-state index contributed by atoms with van der Waals surface area (Å²) in [5.74, 6) is 2.70. The summed E-state index contributed by atoms with van der Waals surface area (Å²) in [6.45, 7) is 8.61. The van der Waals surface area contributed by atoms with Crippen LogP contribution < -0.4 is 5.73 Å². The lowest BCUT2D eigenvalue weighted by atomic mass is 9.68. The van der Waals surface area contributed by atoms with E-state index in [1.807, 2.05) is 11.8 Å². The highest BCUT2D eigenvalue weighted by atomic mass is 32.2. The van der Waals surface area contributed by atoms with Crippen LogP contribution in [0.4, 0.5) is 0 Å². The monoisotopic (exact) mass is 231 g/mol. The molecule has 0 aromatic heterocycles. The van der Waals surface area contributed by atoms with E-state index >= 15 is 0 Å². The third-order valence-electron chi connectivity index (χ3n) is 3.64. The molecule has 1 aliphatic rings. The van der Waals surface area contributed by atoms with Gasteiger partial charge in [0, 0.05) is 11.3 Å². The number of hydrogen-bond donors (Lipinski definition) is 2. The van der Waals surface area contributed by atoms with Crippen LogP contribution in [0.1, 0.15) is 40.5 Å². The van der Waals surface area contributed by atoms with E-state index in [0.29, 0.717) is 11.8 Å². The molecule has 1 aliphatic heterocycles. The summed E-state index contributed by atoms with van der Waals surface area (Å²) in [5.41, 5.74) is 5.44. The number of nitrogens with two attached hydrogens (primary N) is 1. The molecular weight excluding hydrogens is 206 g/mol. The molecule has 2 unspecified atom stereocenters. The summed E-state index contributed by atoms with van der Waals surface area (Å²) in [5, 5.41) is 10.7. The molecule has 3 heteroatoms. The Morgan fingerprint density at radius 3 is 2.33 bits per heavy atom. The number of aliphatic hydroxyl groups is 1. The quantitative estimate of drug-likeness (QED) is 0.780. The predicted octanol–water partition coefficient (Wildman–Crippen LogP) is 2.25. The van der Waals surface area contributed by atoms with Crippen LogP contribution in [0.5, 0.6) is 0 Å². The fourth-order valence-electron chi connectivity index (χ4n) is 2.56. The molecule has 0 bridgehead atoms. The topological polar surface area (TPSA) is 46.2 Å². The second-order valence-electron chi connectivity index (χ2n) is 5.63. The summed E-state index contributed by atoms with van der Waals surface area (Å²) >= 11 is 1.82. The highest BCUT2D eigenvalue weighted by molar-refractivity contribution is 7.99.